The molecule has 0 N–H and O–H groups in total. The van der Waals surface area contributed by atoms with E-state index in [0.29, 0.717) is 38.5 Å². The van der Waals surface area contributed by atoms with Gasteiger partial charge >= 0.3 is 5.97 Å². The zero-order chi connectivity index (χ0) is 25.0. The van der Waals surface area contributed by atoms with Crippen molar-refractivity contribution >= 4 is 45.1 Å². The Labute approximate surface area is 207 Å². The number of ether oxygens (including phenoxy) is 1. The zero-order valence-electron chi connectivity index (χ0n) is 18.9. The van der Waals surface area contributed by atoms with Gasteiger partial charge in [0.05, 0.1) is 28.8 Å². The van der Waals surface area contributed by atoms with Crippen molar-refractivity contribution < 1.29 is 19.1 Å². The standard InChI is InChI=1S/C25H17N5O5S/c1-28-23(33)20-18(9-10-36-20)30-19(26-27-25(28)30)13-35-24(34)15-6-4-5-14(11-15)12-29-21(31)16-7-2-3-8-17(16)22(29)32/h2-11H,12-13H2,1H3. The molecule has 2 aromatic carbocycles. The number of carbonyl (C=O) groups excluding carboxylic acids is 3. The Hall–Kier alpha value is -4.64. The van der Waals surface area contributed by atoms with Crippen molar-refractivity contribution in [2.24, 2.45) is 7.05 Å². The zero-order valence-corrected chi connectivity index (χ0v) is 19.7. The lowest BCUT2D eigenvalue weighted by Gasteiger charge is -2.14. The van der Waals surface area contributed by atoms with Crippen LogP contribution in [-0.2, 0) is 24.9 Å². The van der Waals surface area contributed by atoms with Crippen LogP contribution < -0.4 is 5.56 Å². The predicted molar refractivity (Wildman–Crippen MR) is 130 cm³/mol. The first kappa shape index (κ1) is 21.9. The van der Waals surface area contributed by atoms with E-state index < -0.39 is 5.97 Å². The van der Waals surface area contributed by atoms with Gasteiger partial charge in [-0.05, 0) is 41.3 Å². The van der Waals surface area contributed by atoms with Crippen LogP contribution in [-0.4, -0.2) is 41.8 Å². The number of rotatable bonds is 5. The monoisotopic (exact) mass is 499 g/mol. The van der Waals surface area contributed by atoms with E-state index in [9.17, 15) is 19.2 Å². The number of hydrogen-bond acceptors (Lipinski definition) is 8. The molecule has 178 valence electrons. The Bertz CT molecular complexity index is 1750. The van der Waals surface area contributed by atoms with E-state index in [1.54, 1.807) is 71.4 Å². The highest BCUT2D eigenvalue weighted by molar-refractivity contribution is 7.17. The summed E-state index contributed by atoms with van der Waals surface area (Å²) < 4.78 is 9.15. The van der Waals surface area contributed by atoms with Gasteiger partial charge < -0.3 is 4.74 Å². The lowest BCUT2D eigenvalue weighted by atomic mass is 10.1. The molecule has 0 fully saturated rings. The maximum atomic E-state index is 12.8. The first-order chi connectivity index (χ1) is 17.4. The first-order valence-electron chi connectivity index (χ1n) is 11.0. The van der Waals surface area contributed by atoms with Crippen LogP contribution in [0, 0.1) is 0 Å². The van der Waals surface area contributed by atoms with Crippen LogP contribution in [0.5, 0.6) is 0 Å². The van der Waals surface area contributed by atoms with Crippen LogP contribution >= 0.6 is 11.3 Å². The minimum Gasteiger partial charge on any atom is -0.454 e. The number of imide groups is 1. The van der Waals surface area contributed by atoms with E-state index in [4.69, 9.17) is 4.74 Å². The van der Waals surface area contributed by atoms with Gasteiger partial charge in [-0.3, -0.25) is 28.3 Å². The smallest absolute Gasteiger partial charge is 0.338 e. The Balaban J connectivity index is 1.22. The molecule has 0 unspecified atom stereocenters. The molecule has 10 nitrogen and oxygen atoms in total. The summed E-state index contributed by atoms with van der Waals surface area (Å²) in [6, 6.07) is 15.1. The number of nitrogens with zero attached hydrogens (tertiary/aromatic N) is 5. The summed E-state index contributed by atoms with van der Waals surface area (Å²) in [6.45, 7) is -0.127. The molecule has 0 saturated carbocycles. The Morgan fingerprint density at radius 2 is 1.72 bits per heavy atom. The van der Waals surface area contributed by atoms with Crippen molar-refractivity contribution in [2.75, 3.05) is 0 Å². The second-order valence-corrected chi connectivity index (χ2v) is 9.19. The summed E-state index contributed by atoms with van der Waals surface area (Å²) in [7, 11) is 1.61. The molecule has 36 heavy (non-hydrogen) atoms. The third kappa shape index (κ3) is 3.32. The maximum Gasteiger partial charge on any atom is 0.338 e. The molecule has 1 aliphatic rings. The minimum absolute atomic E-state index is 0.0342. The minimum atomic E-state index is -0.595. The summed E-state index contributed by atoms with van der Waals surface area (Å²) in [5.41, 5.74) is 2.11. The maximum absolute atomic E-state index is 12.8. The van der Waals surface area contributed by atoms with Crippen molar-refractivity contribution in [3.05, 3.63) is 98.4 Å². The molecule has 1 aliphatic heterocycles. The van der Waals surface area contributed by atoms with Crippen molar-refractivity contribution in [1.82, 2.24) is 24.1 Å². The molecule has 0 atom stereocenters. The topological polar surface area (TPSA) is 116 Å². The van der Waals surface area contributed by atoms with Gasteiger partial charge in [-0.15, -0.1) is 21.5 Å². The fourth-order valence-corrected chi connectivity index (χ4v) is 5.17. The highest BCUT2D eigenvalue weighted by atomic mass is 32.1. The number of esters is 1. The van der Waals surface area contributed by atoms with Gasteiger partial charge in [0.2, 0.25) is 5.78 Å². The van der Waals surface area contributed by atoms with Crippen molar-refractivity contribution in [3.8, 4) is 0 Å². The molecule has 6 rings (SSSR count). The SMILES string of the molecule is Cn1c(=O)c2sccc2n2c(COC(=O)c3cccc(CN4C(=O)c5ccccc5C4=O)c3)nnc12. The molecule has 0 radical (unpaired) electrons. The molecule has 3 aromatic heterocycles. The van der Waals surface area contributed by atoms with Crippen molar-refractivity contribution in [2.45, 2.75) is 13.2 Å². The second-order valence-electron chi connectivity index (χ2n) is 8.27. The third-order valence-electron chi connectivity index (χ3n) is 6.11. The van der Waals surface area contributed by atoms with E-state index in [1.807, 2.05) is 0 Å². The normalized spacial score (nSPS) is 13.1. The number of hydrogen-bond donors (Lipinski definition) is 0. The lowest BCUT2D eigenvalue weighted by Crippen LogP contribution is -2.29. The van der Waals surface area contributed by atoms with Gasteiger partial charge in [0.15, 0.2) is 12.4 Å². The van der Waals surface area contributed by atoms with Gasteiger partial charge in [0, 0.05) is 7.05 Å². The predicted octanol–water partition coefficient (Wildman–Crippen LogP) is 2.80. The quantitative estimate of drug-likeness (QED) is 0.270. The number of fused-ring (bicyclic) bond motifs is 4. The van der Waals surface area contributed by atoms with Crippen LogP contribution in [0.1, 0.15) is 42.5 Å². The van der Waals surface area contributed by atoms with Gasteiger partial charge in [-0.1, -0.05) is 24.3 Å². The van der Waals surface area contributed by atoms with Gasteiger partial charge in [-0.25, -0.2) is 4.79 Å². The van der Waals surface area contributed by atoms with E-state index in [-0.39, 0.29) is 36.1 Å². The number of amides is 2. The third-order valence-corrected chi connectivity index (χ3v) is 7.00. The lowest BCUT2D eigenvalue weighted by molar-refractivity contribution is 0.0461. The molecule has 0 spiro atoms. The number of aryl methyl sites for hydroxylation is 1. The van der Waals surface area contributed by atoms with Crippen LogP contribution in [0.3, 0.4) is 0 Å². The Morgan fingerprint density at radius 3 is 2.47 bits per heavy atom. The average molecular weight is 500 g/mol. The van der Waals surface area contributed by atoms with Gasteiger partial charge in [0.25, 0.3) is 17.4 Å². The number of aromatic nitrogens is 4. The summed E-state index contributed by atoms with van der Waals surface area (Å²) in [4.78, 5) is 51.8. The van der Waals surface area contributed by atoms with E-state index in [1.165, 1.54) is 15.9 Å². The molecule has 2 amide bonds. The molecule has 5 aromatic rings. The van der Waals surface area contributed by atoms with Gasteiger partial charge in [0.1, 0.15) is 4.70 Å². The summed E-state index contributed by atoms with van der Waals surface area (Å²) in [6.07, 6.45) is 0. The number of benzene rings is 2. The molecule has 0 bridgehead atoms. The largest absolute Gasteiger partial charge is 0.454 e. The van der Waals surface area contributed by atoms with Gasteiger partial charge in [-0.2, -0.15) is 0 Å². The molecular formula is C25H17N5O5S. The Kier molecular flexibility index (Phi) is 5.00. The fraction of sp³-hybridized carbons (Fsp3) is 0.120. The molecule has 11 heteroatoms. The van der Waals surface area contributed by atoms with Crippen LogP contribution in [0.4, 0.5) is 0 Å². The van der Waals surface area contributed by atoms with Crippen LogP contribution in [0.25, 0.3) is 16.0 Å². The Morgan fingerprint density at radius 1 is 0.972 bits per heavy atom. The van der Waals surface area contributed by atoms with E-state index >= 15 is 0 Å². The second kappa shape index (κ2) is 8.24. The fourth-order valence-electron chi connectivity index (χ4n) is 4.32. The molecule has 0 saturated heterocycles. The molecule has 0 aliphatic carbocycles. The summed E-state index contributed by atoms with van der Waals surface area (Å²) in [5.74, 6) is -0.602. The van der Waals surface area contributed by atoms with E-state index in [0.717, 1.165) is 4.90 Å². The first-order valence-corrected chi connectivity index (χ1v) is 11.8. The van der Waals surface area contributed by atoms with Crippen LogP contribution in [0.2, 0.25) is 0 Å². The summed E-state index contributed by atoms with van der Waals surface area (Å²) >= 11 is 1.32. The van der Waals surface area contributed by atoms with E-state index in [2.05, 4.69) is 10.2 Å². The number of thiophene rings is 1. The molecular weight excluding hydrogens is 482 g/mol. The highest BCUT2D eigenvalue weighted by Crippen LogP contribution is 2.25. The average Bonchev–Trinajstić information content (AvgIpc) is 3.60. The van der Waals surface area contributed by atoms with Crippen LogP contribution in [0.15, 0.2) is 64.8 Å². The van der Waals surface area contributed by atoms with Crippen molar-refractivity contribution in [3.63, 3.8) is 0 Å². The summed E-state index contributed by atoms with van der Waals surface area (Å²) in [5, 5.41) is 10.0. The number of carbonyl (C=O) groups is 3. The highest BCUT2D eigenvalue weighted by Gasteiger charge is 2.35. The van der Waals surface area contributed by atoms with Crippen molar-refractivity contribution in [1.29, 1.82) is 0 Å². The molecule has 4 heterocycles.